The molecule has 1 aromatic carbocycles. The first-order valence-electron chi connectivity index (χ1n) is 6.85. The summed E-state index contributed by atoms with van der Waals surface area (Å²) in [6, 6.07) is 10.2. The van der Waals surface area contributed by atoms with Crippen molar-refractivity contribution in [2.75, 3.05) is 12.3 Å². The second-order valence-electron chi connectivity index (χ2n) is 5.12. The molecule has 3 nitrogen and oxygen atoms in total. The van der Waals surface area contributed by atoms with Gasteiger partial charge in [0.15, 0.2) is 0 Å². The number of carbonyl (C=O) groups excluding carboxylic acids is 1. The summed E-state index contributed by atoms with van der Waals surface area (Å²) in [7, 11) is 0. The van der Waals surface area contributed by atoms with Gasteiger partial charge in [-0.25, -0.2) is 0 Å². The van der Waals surface area contributed by atoms with Crippen molar-refractivity contribution in [3.63, 3.8) is 0 Å². The third-order valence-electron chi connectivity index (χ3n) is 3.46. The summed E-state index contributed by atoms with van der Waals surface area (Å²) >= 11 is 1.77. The van der Waals surface area contributed by atoms with Gasteiger partial charge >= 0.3 is 0 Å². The molecule has 0 bridgehead atoms. The van der Waals surface area contributed by atoms with Crippen molar-refractivity contribution in [2.24, 2.45) is 0 Å². The zero-order valence-electron chi connectivity index (χ0n) is 11.1. The molecule has 0 heterocycles. The normalized spacial score (nSPS) is 16.7. The molecule has 0 spiro atoms. The van der Waals surface area contributed by atoms with Crippen LogP contribution in [-0.2, 0) is 4.79 Å². The van der Waals surface area contributed by atoms with Crippen LogP contribution in [0.5, 0.6) is 0 Å². The molecule has 1 aromatic rings. The first-order chi connectivity index (χ1) is 9.18. The molecule has 0 aliphatic heterocycles. The number of nitrogens with one attached hydrogen (secondary N) is 1. The lowest BCUT2D eigenvalue weighted by Gasteiger charge is -2.36. The summed E-state index contributed by atoms with van der Waals surface area (Å²) in [6.45, 7) is 0.414. The van der Waals surface area contributed by atoms with Crippen molar-refractivity contribution in [1.29, 1.82) is 0 Å². The predicted molar refractivity (Wildman–Crippen MR) is 78.2 cm³/mol. The van der Waals surface area contributed by atoms with E-state index in [0.29, 0.717) is 13.0 Å². The van der Waals surface area contributed by atoms with Crippen molar-refractivity contribution >= 4 is 17.7 Å². The summed E-state index contributed by atoms with van der Waals surface area (Å²) in [5.74, 6) is 0.996. The van der Waals surface area contributed by atoms with Gasteiger partial charge in [-0.3, -0.25) is 4.79 Å². The summed E-state index contributed by atoms with van der Waals surface area (Å²) in [6.07, 6.45) is 4.11. The molecule has 2 N–H and O–H groups in total. The number of thioether (sulfide) groups is 1. The maximum absolute atomic E-state index is 11.6. The number of amides is 1. The van der Waals surface area contributed by atoms with Crippen molar-refractivity contribution in [3.05, 3.63) is 30.3 Å². The summed E-state index contributed by atoms with van der Waals surface area (Å²) in [4.78, 5) is 12.9. The predicted octanol–water partition coefficient (Wildman–Crippen LogP) is 2.59. The first-order valence-corrected chi connectivity index (χ1v) is 7.83. The lowest BCUT2D eigenvalue weighted by atomic mass is 9.80. The van der Waals surface area contributed by atoms with Gasteiger partial charge < -0.3 is 10.4 Å². The van der Waals surface area contributed by atoms with Gasteiger partial charge in [-0.1, -0.05) is 18.2 Å². The molecule has 1 aliphatic rings. The van der Waals surface area contributed by atoms with E-state index < -0.39 is 5.60 Å². The molecule has 1 fully saturated rings. The average Bonchev–Trinajstić information content (AvgIpc) is 2.40. The van der Waals surface area contributed by atoms with E-state index in [-0.39, 0.29) is 5.91 Å². The van der Waals surface area contributed by atoms with E-state index in [1.165, 1.54) is 4.90 Å². The van der Waals surface area contributed by atoms with Gasteiger partial charge in [0.2, 0.25) is 5.91 Å². The molecule has 1 aliphatic carbocycles. The van der Waals surface area contributed by atoms with Crippen LogP contribution in [0.3, 0.4) is 0 Å². The molecule has 0 radical (unpaired) electrons. The van der Waals surface area contributed by atoms with E-state index in [2.05, 4.69) is 17.4 Å². The summed E-state index contributed by atoms with van der Waals surface area (Å²) < 4.78 is 0. The highest BCUT2D eigenvalue weighted by Crippen LogP contribution is 2.30. The Morgan fingerprint density at radius 2 is 2.05 bits per heavy atom. The second-order valence-corrected chi connectivity index (χ2v) is 6.29. The van der Waals surface area contributed by atoms with Crippen LogP contribution >= 0.6 is 11.8 Å². The Morgan fingerprint density at radius 3 is 2.68 bits per heavy atom. The standard InChI is InChI=1S/C15H21NO2S/c17-14(16-12-15(18)9-5-10-15)8-4-11-19-13-6-2-1-3-7-13/h1-3,6-7,18H,4-5,8-12H2,(H,16,17). The van der Waals surface area contributed by atoms with Crippen LogP contribution in [0, 0.1) is 0 Å². The number of carbonyl (C=O) groups is 1. The van der Waals surface area contributed by atoms with E-state index in [1.807, 2.05) is 18.2 Å². The third-order valence-corrected chi connectivity index (χ3v) is 4.56. The molecule has 4 heteroatoms. The largest absolute Gasteiger partial charge is 0.388 e. The van der Waals surface area contributed by atoms with Crippen molar-refractivity contribution < 1.29 is 9.90 Å². The van der Waals surface area contributed by atoms with Crippen LogP contribution < -0.4 is 5.32 Å². The van der Waals surface area contributed by atoms with Crippen LogP contribution in [0.1, 0.15) is 32.1 Å². The second kappa shape index (κ2) is 6.96. The van der Waals surface area contributed by atoms with E-state index in [1.54, 1.807) is 11.8 Å². The Hall–Kier alpha value is -1.00. The molecule has 19 heavy (non-hydrogen) atoms. The molecule has 0 unspecified atom stereocenters. The highest BCUT2D eigenvalue weighted by atomic mass is 32.2. The van der Waals surface area contributed by atoms with Crippen molar-refractivity contribution in [1.82, 2.24) is 5.32 Å². The first kappa shape index (κ1) is 14.4. The lowest BCUT2D eigenvalue weighted by Crippen LogP contribution is -2.47. The molecular formula is C15H21NO2S. The monoisotopic (exact) mass is 279 g/mol. The van der Waals surface area contributed by atoms with Gasteiger partial charge in [-0.05, 0) is 43.6 Å². The SMILES string of the molecule is O=C(CCCSc1ccccc1)NCC1(O)CCC1. The van der Waals surface area contributed by atoms with Crippen LogP contribution in [0.15, 0.2) is 35.2 Å². The van der Waals surface area contributed by atoms with Crippen LogP contribution in [-0.4, -0.2) is 28.9 Å². The van der Waals surface area contributed by atoms with Crippen LogP contribution in [0.25, 0.3) is 0 Å². The lowest BCUT2D eigenvalue weighted by molar-refractivity contribution is -0.123. The van der Waals surface area contributed by atoms with E-state index in [0.717, 1.165) is 31.4 Å². The fourth-order valence-corrected chi connectivity index (χ4v) is 2.93. The topological polar surface area (TPSA) is 49.3 Å². The molecule has 0 saturated heterocycles. The summed E-state index contributed by atoms with van der Waals surface area (Å²) in [5.41, 5.74) is -0.617. The number of aliphatic hydroxyl groups is 1. The van der Waals surface area contributed by atoms with Gasteiger partial charge in [0.25, 0.3) is 0 Å². The van der Waals surface area contributed by atoms with Crippen molar-refractivity contribution in [3.8, 4) is 0 Å². The fraction of sp³-hybridized carbons (Fsp3) is 0.533. The molecule has 2 rings (SSSR count). The van der Waals surface area contributed by atoms with Gasteiger partial charge in [0.05, 0.1) is 5.60 Å². The maximum atomic E-state index is 11.6. The molecule has 0 atom stereocenters. The van der Waals surface area contributed by atoms with Gasteiger partial charge in [0.1, 0.15) is 0 Å². The minimum Gasteiger partial charge on any atom is -0.388 e. The van der Waals surface area contributed by atoms with Crippen molar-refractivity contribution in [2.45, 2.75) is 42.6 Å². The minimum atomic E-state index is -0.617. The van der Waals surface area contributed by atoms with Crippen LogP contribution in [0.4, 0.5) is 0 Å². The highest BCUT2D eigenvalue weighted by Gasteiger charge is 2.34. The van der Waals surface area contributed by atoms with Gasteiger partial charge in [0, 0.05) is 17.9 Å². The molecule has 1 amide bonds. The Bertz CT molecular complexity index is 404. The van der Waals surface area contributed by atoms with Gasteiger partial charge in [-0.15, -0.1) is 11.8 Å². The quantitative estimate of drug-likeness (QED) is 0.596. The molecule has 1 saturated carbocycles. The van der Waals surface area contributed by atoms with E-state index in [9.17, 15) is 9.90 Å². The smallest absolute Gasteiger partial charge is 0.220 e. The number of hydrogen-bond donors (Lipinski definition) is 2. The maximum Gasteiger partial charge on any atom is 0.220 e. The molecular weight excluding hydrogens is 258 g/mol. The number of rotatable bonds is 7. The number of hydrogen-bond acceptors (Lipinski definition) is 3. The fourth-order valence-electron chi connectivity index (χ4n) is 2.05. The third kappa shape index (κ3) is 4.88. The Balaban J connectivity index is 1.54. The Labute approximate surface area is 118 Å². The Morgan fingerprint density at radius 1 is 1.32 bits per heavy atom. The van der Waals surface area contributed by atoms with Crippen LogP contribution in [0.2, 0.25) is 0 Å². The zero-order chi connectivity index (χ0) is 13.6. The molecule has 104 valence electrons. The molecule has 0 aromatic heterocycles. The van der Waals surface area contributed by atoms with E-state index in [4.69, 9.17) is 0 Å². The number of benzene rings is 1. The highest BCUT2D eigenvalue weighted by molar-refractivity contribution is 7.99. The zero-order valence-corrected chi connectivity index (χ0v) is 11.9. The Kier molecular flexibility index (Phi) is 5.28. The average molecular weight is 279 g/mol. The van der Waals surface area contributed by atoms with E-state index >= 15 is 0 Å². The minimum absolute atomic E-state index is 0.0500. The van der Waals surface area contributed by atoms with Gasteiger partial charge in [-0.2, -0.15) is 0 Å². The summed E-state index contributed by atoms with van der Waals surface area (Å²) in [5, 5.41) is 12.7.